The van der Waals surface area contributed by atoms with Crippen LogP contribution in [0.2, 0.25) is 0 Å². The molecule has 3 unspecified atom stereocenters. The first-order valence-corrected chi connectivity index (χ1v) is 7.13. The molecule has 1 aromatic rings. The molecule has 3 heteroatoms. The van der Waals surface area contributed by atoms with Crippen LogP contribution in [0.15, 0.2) is 18.2 Å². The van der Waals surface area contributed by atoms with Crippen molar-refractivity contribution in [3.05, 3.63) is 23.8 Å². The minimum absolute atomic E-state index is 0.298. The molecule has 1 fully saturated rings. The smallest absolute Gasteiger partial charge is 0.127 e. The number of benzene rings is 1. The standard InChI is InChI=1S/C16H25NO2/c1-11-6-5-7-15(11)17-12(2)14-9-8-13(18-3)10-16(14)19-4/h8-12,15,17H,5-7H2,1-4H3. The zero-order valence-corrected chi connectivity index (χ0v) is 12.4. The van der Waals surface area contributed by atoms with Gasteiger partial charge in [-0.25, -0.2) is 0 Å². The first-order valence-electron chi connectivity index (χ1n) is 7.13. The van der Waals surface area contributed by atoms with Gasteiger partial charge in [-0.05, 0) is 31.7 Å². The molecule has 1 aromatic carbocycles. The highest BCUT2D eigenvalue weighted by Gasteiger charge is 2.25. The van der Waals surface area contributed by atoms with Gasteiger partial charge in [-0.15, -0.1) is 0 Å². The number of nitrogens with one attached hydrogen (secondary N) is 1. The molecule has 0 heterocycles. The van der Waals surface area contributed by atoms with Crippen molar-refractivity contribution in [2.24, 2.45) is 5.92 Å². The molecule has 1 aliphatic carbocycles. The minimum atomic E-state index is 0.298. The van der Waals surface area contributed by atoms with E-state index < -0.39 is 0 Å². The molecule has 0 aliphatic heterocycles. The Morgan fingerprint density at radius 2 is 2.00 bits per heavy atom. The Hall–Kier alpha value is -1.22. The van der Waals surface area contributed by atoms with Gasteiger partial charge in [0.2, 0.25) is 0 Å². The minimum Gasteiger partial charge on any atom is -0.497 e. The maximum Gasteiger partial charge on any atom is 0.127 e. The van der Waals surface area contributed by atoms with Gasteiger partial charge in [0.15, 0.2) is 0 Å². The van der Waals surface area contributed by atoms with Gasteiger partial charge in [0, 0.05) is 23.7 Å². The lowest BCUT2D eigenvalue weighted by Crippen LogP contribution is -2.33. The molecule has 0 amide bonds. The summed E-state index contributed by atoms with van der Waals surface area (Å²) in [4.78, 5) is 0. The van der Waals surface area contributed by atoms with E-state index in [0.717, 1.165) is 17.4 Å². The van der Waals surface area contributed by atoms with Crippen LogP contribution in [0.5, 0.6) is 11.5 Å². The van der Waals surface area contributed by atoms with Crippen molar-refractivity contribution in [2.45, 2.75) is 45.2 Å². The van der Waals surface area contributed by atoms with Crippen LogP contribution in [0.1, 0.15) is 44.7 Å². The molecule has 0 saturated heterocycles. The Bertz CT molecular complexity index is 419. The van der Waals surface area contributed by atoms with Crippen molar-refractivity contribution in [3.8, 4) is 11.5 Å². The van der Waals surface area contributed by atoms with Crippen LogP contribution in [0.25, 0.3) is 0 Å². The lowest BCUT2D eigenvalue weighted by atomic mass is 10.0. The fourth-order valence-corrected chi connectivity index (χ4v) is 2.98. The van der Waals surface area contributed by atoms with Gasteiger partial charge in [-0.1, -0.05) is 19.4 Å². The third-order valence-corrected chi connectivity index (χ3v) is 4.23. The average molecular weight is 263 g/mol. The van der Waals surface area contributed by atoms with Crippen molar-refractivity contribution in [3.63, 3.8) is 0 Å². The molecule has 0 spiro atoms. The monoisotopic (exact) mass is 263 g/mol. The second-order valence-corrected chi connectivity index (χ2v) is 5.51. The van der Waals surface area contributed by atoms with Gasteiger partial charge in [0.1, 0.15) is 11.5 Å². The molecule has 0 radical (unpaired) electrons. The normalized spacial score (nSPS) is 24.2. The van der Waals surface area contributed by atoms with Crippen molar-refractivity contribution < 1.29 is 9.47 Å². The second kappa shape index (κ2) is 6.29. The van der Waals surface area contributed by atoms with E-state index in [9.17, 15) is 0 Å². The molecule has 0 aromatic heterocycles. The highest BCUT2D eigenvalue weighted by Crippen LogP contribution is 2.32. The number of hydrogen-bond acceptors (Lipinski definition) is 3. The fourth-order valence-electron chi connectivity index (χ4n) is 2.98. The van der Waals surface area contributed by atoms with E-state index in [1.807, 2.05) is 12.1 Å². The van der Waals surface area contributed by atoms with Crippen molar-refractivity contribution in [2.75, 3.05) is 14.2 Å². The van der Waals surface area contributed by atoms with E-state index in [1.165, 1.54) is 24.8 Å². The largest absolute Gasteiger partial charge is 0.497 e. The first-order chi connectivity index (χ1) is 9.15. The van der Waals surface area contributed by atoms with Gasteiger partial charge in [-0.2, -0.15) is 0 Å². The van der Waals surface area contributed by atoms with E-state index in [2.05, 4.69) is 25.2 Å². The predicted octanol–water partition coefficient (Wildman–Crippen LogP) is 3.54. The Balaban J connectivity index is 2.11. The number of rotatable bonds is 5. The van der Waals surface area contributed by atoms with Crippen LogP contribution >= 0.6 is 0 Å². The summed E-state index contributed by atoms with van der Waals surface area (Å²) in [5, 5.41) is 3.74. The number of ether oxygens (including phenoxy) is 2. The van der Waals surface area contributed by atoms with Gasteiger partial charge >= 0.3 is 0 Å². The average Bonchev–Trinajstić information content (AvgIpc) is 2.83. The quantitative estimate of drug-likeness (QED) is 0.881. The van der Waals surface area contributed by atoms with Crippen molar-refractivity contribution >= 4 is 0 Å². The van der Waals surface area contributed by atoms with Gasteiger partial charge in [0.25, 0.3) is 0 Å². The van der Waals surface area contributed by atoms with Gasteiger partial charge in [-0.3, -0.25) is 0 Å². The highest BCUT2D eigenvalue weighted by molar-refractivity contribution is 5.42. The first kappa shape index (κ1) is 14.2. The molecule has 1 N–H and O–H groups in total. The van der Waals surface area contributed by atoms with E-state index >= 15 is 0 Å². The summed E-state index contributed by atoms with van der Waals surface area (Å²) < 4.78 is 10.7. The van der Waals surface area contributed by atoms with Crippen LogP contribution in [-0.2, 0) is 0 Å². The SMILES string of the molecule is COc1ccc(C(C)NC2CCCC2C)c(OC)c1. The summed E-state index contributed by atoms with van der Waals surface area (Å²) in [6.07, 6.45) is 3.96. The Labute approximate surface area is 116 Å². The maximum absolute atomic E-state index is 5.48. The zero-order chi connectivity index (χ0) is 13.8. The van der Waals surface area contributed by atoms with Crippen LogP contribution < -0.4 is 14.8 Å². The summed E-state index contributed by atoms with van der Waals surface area (Å²) >= 11 is 0. The zero-order valence-electron chi connectivity index (χ0n) is 12.4. The lowest BCUT2D eigenvalue weighted by molar-refractivity contribution is 0.364. The molecule has 1 aliphatic rings. The Morgan fingerprint density at radius 1 is 1.21 bits per heavy atom. The fraction of sp³-hybridized carbons (Fsp3) is 0.625. The predicted molar refractivity (Wildman–Crippen MR) is 77.9 cm³/mol. The van der Waals surface area contributed by atoms with E-state index in [-0.39, 0.29) is 0 Å². The van der Waals surface area contributed by atoms with E-state index in [1.54, 1.807) is 14.2 Å². The van der Waals surface area contributed by atoms with Gasteiger partial charge in [0.05, 0.1) is 14.2 Å². The Morgan fingerprint density at radius 3 is 2.58 bits per heavy atom. The molecule has 1 saturated carbocycles. The van der Waals surface area contributed by atoms with Crippen LogP contribution in [-0.4, -0.2) is 20.3 Å². The van der Waals surface area contributed by atoms with E-state index in [0.29, 0.717) is 12.1 Å². The topological polar surface area (TPSA) is 30.5 Å². The molecule has 3 nitrogen and oxygen atoms in total. The summed E-state index contributed by atoms with van der Waals surface area (Å²) in [6.45, 7) is 4.54. The summed E-state index contributed by atoms with van der Waals surface area (Å²) in [5.41, 5.74) is 1.20. The molecule has 106 valence electrons. The van der Waals surface area contributed by atoms with Crippen molar-refractivity contribution in [1.82, 2.24) is 5.32 Å². The molecular formula is C16H25NO2. The van der Waals surface area contributed by atoms with Crippen LogP contribution in [0, 0.1) is 5.92 Å². The second-order valence-electron chi connectivity index (χ2n) is 5.51. The van der Waals surface area contributed by atoms with E-state index in [4.69, 9.17) is 9.47 Å². The third-order valence-electron chi connectivity index (χ3n) is 4.23. The summed E-state index contributed by atoms with van der Waals surface area (Å²) in [6, 6.07) is 6.96. The molecule has 3 atom stereocenters. The highest BCUT2D eigenvalue weighted by atomic mass is 16.5. The maximum atomic E-state index is 5.48. The Kier molecular flexibility index (Phi) is 4.70. The van der Waals surface area contributed by atoms with Gasteiger partial charge < -0.3 is 14.8 Å². The molecule has 0 bridgehead atoms. The number of hydrogen-bond donors (Lipinski definition) is 1. The van der Waals surface area contributed by atoms with Crippen molar-refractivity contribution in [1.29, 1.82) is 0 Å². The molecular weight excluding hydrogens is 238 g/mol. The summed E-state index contributed by atoms with van der Waals surface area (Å²) in [7, 11) is 3.39. The lowest BCUT2D eigenvalue weighted by Gasteiger charge is -2.24. The van der Waals surface area contributed by atoms with Crippen LogP contribution in [0.4, 0.5) is 0 Å². The number of methoxy groups -OCH3 is 2. The molecule has 19 heavy (non-hydrogen) atoms. The molecule has 2 rings (SSSR count). The van der Waals surface area contributed by atoms with Crippen LogP contribution in [0.3, 0.4) is 0 Å². The summed E-state index contributed by atoms with van der Waals surface area (Å²) in [5.74, 6) is 2.50. The third kappa shape index (κ3) is 3.21.